The number of nitrogens with one attached hydrogen (secondary N) is 1. The van der Waals surface area contributed by atoms with E-state index in [2.05, 4.69) is 14.7 Å². The zero-order valence-corrected chi connectivity index (χ0v) is 17.4. The molecule has 0 unspecified atom stereocenters. The summed E-state index contributed by atoms with van der Waals surface area (Å²) in [7, 11) is -2.85. The van der Waals surface area contributed by atoms with E-state index in [0.717, 1.165) is 12.8 Å². The van der Waals surface area contributed by atoms with Crippen molar-refractivity contribution in [1.82, 2.24) is 9.97 Å². The summed E-state index contributed by atoms with van der Waals surface area (Å²) in [4.78, 5) is 20.4. The fourth-order valence-electron chi connectivity index (χ4n) is 3.27. The Labute approximate surface area is 179 Å². The van der Waals surface area contributed by atoms with E-state index in [4.69, 9.17) is 4.74 Å². The SMILES string of the molecule is COC(=O)c1ccc(C2CC2)c(S(=O)(=O)Nc2cc(C#N)ccc2-c2ncccn2)c1. The predicted molar refractivity (Wildman–Crippen MR) is 113 cm³/mol. The molecular formula is C22H18N4O4S. The third kappa shape index (κ3) is 4.25. The summed E-state index contributed by atoms with van der Waals surface area (Å²) in [5, 5.41) is 9.28. The summed E-state index contributed by atoms with van der Waals surface area (Å²) in [5.41, 5.74) is 1.68. The first kappa shape index (κ1) is 20.5. The van der Waals surface area contributed by atoms with E-state index in [1.54, 1.807) is 42.7 Å². The van der Waals surface area contributed by atoms with Crippen molar-refractivity contribution < 1.29 is 17.9 Å². The first-order chi connectivity index (χ1) is 14.9. The molecule has 0 spiro atoms. The van der Waals surface area contributed by atoms with Crippen LogP contribution in [0.25, 0.3) is 11.4 Å². The van der Waals surface area contributed by atoms with Gasteiger partial charge in [-0.15, -0.1) is 0 Å². The summed E-state index contributed by atoms with van der Waals surface area (Å²) in [6.45, 7) is 0. The van der Waals surface area contributed by atoms with Gasteiger partial charge in [-0.1, -0.05) is 6.07 Å². The quantitative estimate of drug-likeness (QED) is 0.589. The van der Waals surface area contributed by atoms with Crippen molar-refractivity contribution in [2.75, 3.05) is 11.8 Å². The molecule has 156 valence electrons. The van der Waals surface area contributed by atoms with Crippen molar-refractivity contribution in [1.29, 1.82) is 5.26 Å². The number of carbonyl (C=O) groups excluding carboxylic acids is 1. The fraction of sp³-hybridized carbons (Fsp3) is 0.182. The van der Waals surface area contributed by atoms with Crippen LogP contribution in [0.4, 0.5) is 5.69 Å². The van der Waals surface area contributed by atoms with Crippen LogP contribution in [0, 0.1) is 11.3 Å². The highest BCUT2D eigenvalue weighted by molar-refractivity contribution is 7.92. The maximum atomic E-state index is 13.4. The molecule has 4 rings (SSSR count). The van der Waals surface area contributed by atoms with Crippen molar-refractivity contribution in [3.05, 3.63) is 71.5 Å². The van der Waals surface area contributed by atoms with Gasteiger partial charge in [0.25, 0.3) is 10.0 Å². The molecular weight excluding hydrogens is 416 g/mol. The minimum Gasteiger partial charge on any atom is -0.465 e. The standard InChI is InChI=1S/C22H18N4O4S/c1-30-22(27)16-6-8-17(15-4-5-15)20(12-16)31(28,29)26-19-11-14(13-23)3-7-18(19)21-24-9-2-10-25-21/h2-3,6-12,15,26H,4-5H2,1H3. The van der Waals surface area contributed by atoms with Gasteiger partial charge in [0.05, 0.1) is 34.9 Å². The first-order valence-corrected chi connectivity index (χ1v) is 11.0. The van der Waals surface area contributed by atoms with Gasteiger partial charge in [0, 0.05) is 18.0 Å². The van der Waals surface area contributed by atoms with Gasteiger partial charge in [-0.3, -0.25) is 4.72 Å². The molecule has 0 amide bonds. The van der Waals surface area contributed by atoms with Gasteiger partial charge in [0.2, 0.25) is 0 Å². The zero-order chi connectivity index (χ0) is 22.0. The summed E-state index contributed by atoms with van der Waals surface area (Å²) in [6.07, 6.45) is 4.86. The minimum atomic E-state index is -4.09. The second-order valence-electron chi connectivity index (χ2n) is 7.07. The topological polar surface area (TPSA) is 122 Å². The lowest BCUT2D eigenvalue weighted by Gasteiger charge is -2.15. The van der Waals surface area contributed by atoms with E-state index in [0.29, 0.717) is 17.0 Å². The molecule has 0 saturated heterocycles. The molecule has 1 aromatic heterocycles. The number of esters is 1. The second-order valence-corrected chi connectivity index (χ2v) is 8.72. The average molecular weight is 434 g/mol. The third-order valence-electron chi connectivity index (χ3n) is 4.94. The second kappa shape index (κ2) is 8.16. The number of nitriles is 1. The molecule has 0 radical (unpaired) electrons. The highest BCUT2D eigenvalue weighted by Gasteiger charge is 2.32. The number of ether oxygens (including phenoxy) is 1. The molecule has 0 bridgehead atoms. The van der Waals surface area contributed by atoms with Crippen LogP contribution in [-0.4, -0.2) is 31.5 Å². The number of nitrogens with zero attached hydrogens (tertiary/aromatic N) is 3. The maximum Gasteiger partial charge on any atom is 0.337 e. The van der Waals surface area contributed by atoms with E-state index in [-0.39, 0.29) is 27.6 Å². The summed E-state index contributed by atoms with van der Waals surface area (Å²) in [5.74, 6) is -0.181. The molecule has 3 aromatic rings. The Morgan fingerprint density at radius 2 is 1.90 bits per heavy atom. The lowest BCUT2D eigenvalue weighted by atomic mass is 10.1. The molecule has 1 fully saturated rings. The number of sulfonamides is 1. The fourth-order valence-corrected chi connectivity index (χ4v) is 4.67. The van der Waals surface area contributed by atoms with E-state index in [1.165, 1.54) is 19.2 Å². The number of rotatable bonds is 6. The normalized spacial score (nSPS) is 13.3. The van der Waals surface area contributed by atoms with Crippen LogP contribution < -0.4 is 4.72 Å². The van der Waals surface area contributed by atoms with Crippen molar-refractivity contribution in [2.45, 2.75) is 23.7 Å². The van der Waals surface area contributed by atoms with E-state index >= 15 is 0 Å². The van der Waals surface area contributed by atoms with E-state index in [1.807, 2.05) is 6.07 Å². The van der Waals surface area contributed by atoms with E-state index < -0.39 is 16.0 Å². The Balaban J connectivity index is 1.81. The molecule has 2 aromatic carbocycles. The molecule has 1 aliphatic carbocycles. The molecule has 1 saturated carbocycles. The summed E-state index contributed by atoms with van der Waals surface area (Å²) >= 11 is 0. The van der Waals surface area contributed by atoms with Crippen molar-refractivity contribution in [3.8, 4) is 17.5 Å². The third-order valence-corrected chi connectivity index (χ3v) is 6.36. The number of anilines is 1. The van der Waals surface area contributed by atoms with Crippen molar-refractivity contribution >= 4 is 21.7 Å². The summed E-state index contributed by atoms with van der Waals surface area (Å²) < 4.78 is 34.1. The molecule has 1 heterocycles. The zero-order valence-electron chi connectivity index (χ0n) is 16.6. The largest absolute Gasteiger partial charge is 0.465 e. The number of methoxy groups -OCH3 is 1. The van der Waals surface area contributed by atoms with Crippen LogP contribution in [0.5, 0.6) is 0 Å². The molecule has 31 heavy (non-hydrogen) atoms. The Hall–Kier alpha value is -3.77. The van der Waals surface area contributed by atoms with Gasteiger partial charge in [-0.2, -0.15) is 5.26 Å². The number of benzene rings is 2. The van der Waals surface area contributed by atoms with Crippen LogP contribution in [0.2, 0.25) is 0 Å². The van der Waals surface area contributed by atoms with Gasteiger partial charge in [-0.25, -0.2) is 23.2 Å². The highest BCUT2D eigenvalue weighted by Crippen LogP contribution is 2.43. The maximum absolute atomic E-state index is 13.4. The van der Waals surface area contributed by atoms with Gasteiger partial charge < -0.3 is 4.74 Å². The molecule has 0 atom stereocenters. The average Bonchev–Trinajstić information content (AvgIpc) is 3.64. The Morgan fingerprint density at radius 1 is 1.16 bits per heavy atom. The van der Waals surface area contributed by atoms with E-state index in [9.17, 15) is 18.5 Å². The van der Waals surface area contributed by atoms with Gasteiger partial charge in [-0.05, 0) is 60.7 Å². The van der Waals surface area contributed by atoms with Crippen molar-refractivity contribution in [3.63, 3.8) is 0 Å². The monoisotopic (exact) mass is 434 g/mol. The van der Waals surface area contributed by atoms with Gasteiger partial charge in [0.15, 0.2) is 5.82 Å². The van der Waals surface area contributed by atoms with Crippen LogP contribution in [0.15, 0.2) is 59.8 Å². The first-order valence-electron chi connectivity index (χ1n) is 9.49. The Kier molecular flexibility index (Phi) is 5.40. The molecule has 9 heteroatoms. The lowest BCUT2D eigenvalue weighted by Crippen LogP contribution is -2.17. The van der Waals surface area contributed by atoms with Crippen LogP contribution in [-0.2, 0) is 14.8 Å². The Morgan fingerprint density at radius 3 is 2.55 bits per heavy atom. The molecule has 1 N–H and O–H groups in total. The Bertz CT molecular complexity index is 1300. The minimum absolute atomic E-state index is 0.0141. The van der Waals surface area contributed by atoms with Crippen LogP contribution in [0.3, 0.4) is 0 Å². The summed E-state index contributed by atoms with van der Waals surface area (Å²) in [6, 6.07) is 12.8. The number of aromatic nitrogens is 2. The highest BCUT2D eigenvalue weighted by atomic mass is 32.2. The molecule has 0 aliphatic heterocycles. The molecule has 8 nitrogen and oxygen atoms in total. The van der Waals surface area contributed by atoms with Crippen molar-refractivity contribution in [2.24, 2.45) is 0 Å². The number of carbonyl (C=O) groups is 1. The molecule has 1 aliphatic rings. The predicted octanol–water partition coefficient (Wildman–Crippen LogP) is 3.48. The van der Waals surface area contributed by atoms with Crippen LogP contribution in [0.1, 0.15) is 40.2 Å². The smallest absolute Gasteiger partial charge is 0.337 e. The lowest BCUT2D eigenvalue weighted by molar-refractivity contribution is 0.0600. The number of hydrogen-bond donors (Lipinski definition) is 1. The van der Waals surface area contributed by atoms with Gasteiger partial charge >= 0.3 is 5.97 Å². The van der Waals surface area contributed by atoms with Gasteiger partial charge in [0.1, 0.15) is 0 Å². The van der Waals surface area contributed by atoms with Crippen LogP contribution >= 0.6 is 0 Å². The number of hydrogen-bond acceptors (Lipinski definition) is 7.